The zero-order valence-corrected chi connectivity index (χ0v) is 11.6. The summed E-state index contributed by atoms with van der Waals surface area (Å²) in [5.41, 5.74) is 2.60. The van der Waals surface area contributed by atoms with E-state index in [0.717, 1.165) is 11.3 Å². The molecular weight excluding hydrogens is 284 g/mol. The van der Waals surface area contributed by atoms with Crippen LogP contribution in [0.15, 0.2) is 42.5 Å². The predicted octanol–water partition coefficient (Wildman–Crippen LogP) is 4.86. The first-order valence-electron chi connectivity index (χ1n) is 6.09. The highest BCUT2D eigenvalue weighted by atomic mass is 35.5. The molecule has 0 amide bonds. The normalized spacial score (nSPS) is 10.7. The van der Waals surface area contributed by atoms with Crippen LogP contribution >= 0.6 is 11.6 Å². The summed E-state index contributed by atoms with van der Waals surface area (Å²) in [4.78, 5) is 0. The van der Waals surface area contributed by atoms with Crippen molar-refractivity contribution in [2.24, 2.45) is 0 Å². The van der Waals surface area contributed by atoms with E-state index >= 15 is 0 Å². The van der Waals surface area contributed by atoms with E-state index in [0.29, 0.717) is 17.1 Å². The first-order chi connectivity index (χ1) is 9.56. The highest BCUT2D eigenvalue weighted by Crippen LogP contribution is 2.26. The molecule has 5 heteroatoms. The van der Waals surface area contributed by atoms with Gasteiger partial charge in [0.15, 0.2) is 0 Å². The fourth-order valence-electron chi connectivity index (χ4n) is 1.86. The van der Waals surface area contributed by atoms with E-state index in [1.807, 2.05) is 31.2 Å². The van der Waals surface area contributed by atoms with Crippen molar-refractivity contribution in [2.45, 2.75) is 20.1 Å². The van der Waals surface area contributed by atoms with Crippen LogP contribution < -0.4 is 10.1 Å². The average Bonchev–Trinajstić information content (AvgIpc) is 2.40. The number of para-hydroxylation sites is 1. The van der Waals surface area contributed by atoms with Gasteiger partial charge in [0.05, 0.1) is 0 Å². The second-order valence-electron chi connectivity index (χ2n) is 4.30. The molecule has 2 aromatic rings. The topological polar surface area (TPSA) is 21.3 Å². The first-order valence-corrected chi connectivity index (χ1v) is 6.47. The first kappa shape index (κ1) is 14.6. The smallest absolute Gasteiger partial charge is 0.387 e. The lowest BCUT2D eigenvalue weighted by Crippen LogP contribution is -2.07. The molecule has 0 fully saturated rings. The van der Waals surface area contributed by atoms with Crippen LogP contribution in [0.2, 0.25) is 5.02 Å². The van der Waals surface area contributed by atoms with Crippen LogP contribution in [0.5, 0.6) is 5.75 Å². The molecule has 0 heterocycles. The third kappa shape index (κ3) is 3.84. The summed E-state index contributed by atoms with van der Waals surface area (Å²) in [6.45, 7) is -0.530. The molecule has 0 aliphatic heterocycles. The number of benzene rings is 2. The van der Waals surface area contributed by atoms with Gasteiger partial charge in [0.25, 0.3) is 0 Å². The minimum absolute atomic E-state index is 0.130. The van der Waals surface area contributed by atoms with Gasteiger partial charge in [0.1, 0.15) is 5.75 Å². The lowest BCUT2D eigenvalue weighted by atomic mass is 10.1. The van der Waals surface area contributed by atoms with Gasteiger partial charge in [-0.15, -0.1) is 0 Å². The van der Waals surface area contributed by atoms with Crippen LogP contribution in [-0.4, -0.2) is 6.61 Å². The summed E-state index contributed by atoms with van der Waals surface area (Å²) in [6, 6.07) is 12.3. The second kappa shape index (κ2) is 6.57. The monoisotopic (exact) mass is 297 g/mol. The minimum Gasteiger partial charge on any atom is -0.434 e. The maximum absolute atomic E-state index is 12.4. The van der Waals surface area contributed by atoms with Crippen LogP contribution in [0.3, 0.4) is 0 Å². The standard InChI is InChI=1S/C15H14ClF2NO/c1-10-4-2-3-5-13(10)19-9-11-8-12(16)6-7-14(11)20-15(17)18/h2-8,15,19H,9H2,1H3. The van der Waals surface area contributed by atoms with E-state index in [-0.39, 0.29) is 5.75 Å². The maximum atomic E-state index is 12.4. The number of aryl methyl sites for hydroxylation is 1. The molecular formula is C15H14ClF2NO. The quantitative estimate of drug-likeness (QED) is 0.851. The van der Waals surface area contributed by atoms with E-state index in [2.05, 4.69) is 10.1 Å². The number of rotatable bonds is 5. The van der Waals surface area contributed by atoms with Crippen LogP contribution in [0.25, 0.3) is 0 Å². The van der Waals surface area contributed by atoms with Crippen molar-refractivity contribution in [1.82, 2.24) is 0 Å². The highest BCUT2D eigenvalue weighted by Gasteiger charge is 2.10. The number of hydrogen-bond donors (Lipinski definition) is 1. The summed E-state index contributed by atoms with van der Waals surface area (Å²) < 4.78 is 29.2. The Bertz CT molecular complexity index is 590. The second-order valence-corrected chi connectivity index (χ2v) is 4.74. The molecule has 0 radical (unpaired) electrons. The fraction of sp³-hybridized carbons (Fsp3) is 0.200. The van der Waals surface area contributed by atoms with Crippen molar-refractivity contribution in [3.05, 3.63) is 58.6 Å². The van der Waals surface area contributed by atoms with E-state index in [4.69, 9.17) is 11.6 Å². The van der Waals surface area contributed by atoms with Crippen molar-refractivity contribution < 1.29 is 13.5 Å². The van der Waals surface area contributed by atoms with Crippen molar-refractivity contribution in [3.63, 3.8) is 0 Å². The van der Waals surface area contributed by atoms with E-state index in [1.165, 1.54) is 12.1 Å². The largest absolute Gasteiger partial charge is 0.434 e. The molecule has 106 valence electrons. The number of hydrogen-bond acceptors (Lipinski definition) is 2. The van der Waals surface area contributed by atoms with Gasteiger partial charge in [0, 0.05) is 22.8 Å². The SMILES string of the molecule is Cc1ccccc1NCc1cc(Cl)ccc1OC(F)F. The molecule has 20 heavy (non-hydrogen) atoms. The van der Waals surface area contributed by atoms with Gasteiger partial charge < -0.3 is 10.1 Å². The van der Waals surface area contributed by atoms with E-state index in [1.54, 1.807) is 6.07 Å². The Morgan fingerprint density at radius 1 is 1.20 bits per heavy atom. The maximum Gasteiger partial charge on any atom is 0.387 e. The molecule has 0 unspecified atom stereocenters. The lowest BCUT2D eigenvalue weighted by molar-refractivity contribution is -0.0504. The van der Waals surface area contributed by atoms with Crippen LogP contribution in [0.1, 0.15) is 11.1 Å². The molecule has 0 aliphatic rings. The van der Waals surface area contributed by atoms with Crippen molar-refractivity contribution in [2.75, 3.05) is 5.32 Å². The van der Waals surface area contributed by atoms with Gasteiger partial charge >= 0.3 is 6.61 Å². The summed E-state index contributed by atoms with van der Waals surface area (Å²) in [5, 5.41) is 3.67. The fourth-order valence-corrected chi connectivity index (χ4v) is 2.05. The van der Waals surface area contributed by atoms with Gasteiger partial charge in [0.2, 0.25) is 0 Å². The number of halogens is 3. The van der Waals surface area contributed by atoms with Gasteiger partial charge in [-0.1, -0.05) is 29.8 Å². The minimum atomic E-state index is -2.85. The summed E-state index contributed by atoms with van der Waals surface area (Å²) >= 11 is 5.90. The van der Waals surface area contributed by atoms with Gasteiger partial charge in [-0.3, -0.25) is 0 Å². The summed E-state index contributed by atoms with van der Waals surface area (Å²) in [6.07, 6.45) is 0. The van der Waals surface area contributed by atoms with Gasteiger partial charge in [-0.25, -0.2) is 0 Å². The van der Waals surface area contributed by atoms with E-state index < -0.39 is 6.61 Å². The molecule has 2 nitrogen and oxygen atoms in total. The zero-order chi connectivity index (χ0) is 14.5. The molecule has 0 aromatic heterocycles. The Balaban J connectivity index is 2.16. The summed E-state index contributed by atoms with van der Waals surface area (Å²) in [7, 11) is 0. The third-order valence-corrected chi connectivity index (χ3v) is 3.09. The Hall–Kier alpha value is -1.81. The number of alkyl halides is 2. The molecule has 2 rings (SSSR count). The number of ether oxygens (including phenoxy) is 1. The Morgan fingerprint density at radius 3 is 2.65 bits per heavy atom. The van der Waals surface area contributed by atoms with Crippen LogP contribution in [-0.2, 0) is 6.54 Å². The van der Waals surface area contributed by atoms with Crippen LogP contribution in [0, 0.1) is 6.92 Å². The van der Waals surface area contributed by atoms with E-state index in [9.17, 15) is 8.78 Å². The predicted molar refractivity (Wildman–Crippen MR) is 76.6 cm³/mol. The Kier molecular flexibility index (Phi) is 4.79. The lowest BCUT2D eigenvalue weighted by Gasteiger charge is -2.13. The van der Waals surface area contributed by atoms with Crippen molar-refractivity contribution in [1.29, 1.82) is 0 Å². The highest BCUT2D eigenvalue weighted by molar-refractivity contribution is 6.30. The number of nitrogens with one attached hydrogen (secondary N) is 1. The molecule has 0 saturated carbocycles. The van der Waals surface area contributed by atoms with Crippen molar-refractivity contribution in [3.8, 4) is 5.75 Å². The summed E-state index contributed by atoms with van der Waals surface area (Å²) in [5.74, 6) is 0.130. The molecule has 2 aromatic carbocycles. The number of anilines is 1. The van der Waals surface area contributed by atoms with Gasteiger partial charge in [-0.05, 0) is 36.8 Å². The molecule has 1 N–H and O–H groups in total. The van der Waals surface area contributed by atoms with Crippen LogP contribution in [0.4, 0.5) is 14.5 Å². The third-order valence-electron chi connectivity index (χ3n) is 2.85. The average molecular weight is 298 g/mol. The Labute approximate surface area is 121 Å². The molecule has 0 atom stereocenters. The Morgan fingerprint density at radius 2 is 1.95 bits per heavy atom. The van der Waals surface area contributed by atoms with Gasteiger partial charge in [-0.2, -0.15) is 8.78 Å². The molecule has 0 saturated heterocycles. The molecule has 0 spiro atoms. The molecule has 0 bridgehead atoms. The molecule has 0 aliphatic carbocycles. The zero-order valence-electron chi connectivity index (χ0n) is 10.9. The van der Waals surface area contributed by atoms with Crippen molar-refractivity contribution >= 4 is 17.3 Å².